The topological polar surface area (TPSA) is 8.17 Å². The number of aromatic nitrogens is 1. The van der Waals surface area contributed by atoms with E-state index in [1.807, 2.05) is 0 Å². The first-order valence-corrected chi connectivity index (χ1v) is 7.92. The third kappa shape index (κ3) is 1.97. The van der Waals surface area contributed by atoms with Gasteiger partial charge < -0.3 is 9.47 Å². The van der Waals surface area contributed by atoms with Gasteiger partial charge in [0.25, 0.3) is 0 Å². The molecule has 1 fully saturated rings. The molecule has 21 heavy (non-hydrogen) atoms. The molecule has 3 aromatic rings. The van der Waals surface area contributed by atoms with E-state index >= 15 is 0 Å². The van der Waals surface area contributed by atoms with Gasteiger partial charge in [0.1, 0.15) is 0 Å². The van der Waals surface area contributed by atoms with E-state index in [0.717, 1.165) is 0 Å². The molecule has 0 amide bonds. The van der Waals surface area contributed by atoms with Crippen LogP contribution in [0.15, 0.2) is 42.5 Å². The zero-order valence-corrected chi connectivity index (χ0v) is 12.8. The predicted octanol–water partition coefficient (Wildman–Crippen LogP) is 4.37. The summed E-state index contributed by atoms with van der Waals surface area (Å²) in [5.41, 5.74) is 4.23. The number of likely N-dealkylation sites (tertiary alicyclic amines) is 1. The molecule has 0 bridgehead atoms. The highest BCUT2D eigenvalue weighted by Crippen LogP contribution is 2.36. The van der Waals surface area contributed by atoms with Crippen LogP contribution in [0.1, 0.15) is 24.4 Å². The molecule has 0 unspecified atom stereocenters. The van der Waals surface area contributed by atoms with Crippen molar-refractivity contribution >= 4 is 21.8 Å². The normalized spacial score (nSPS) is 17.8. The Hall–Kier alpha value is -1.80. The van der Waals surface area contributed by atoms with Crippen LogP contribution in [-0.2, 0) is 0 Å². The summed E-state index contributed by atoms with van der Waals surface area (Å²) in [6, 6.07) is 16.2. The zero-order chi connectivity index (χ0) is 14.4. The smallest absolute Gasteiger partial charge is 0.0523 e. The van der Waals surface area contributed by atoms with Crippen LogP contribution in [0.2, 0.25) is 0 Å². The lowest BCUT2D eigenvalue weighted by atomic mass is 10.0. The Balaban J connectivity index is 2.00. The Bertz CT molecular complexity index is 792. The Morgan fingerprint density at radius 1 is 0.905 bits per heavy atom. The van der Waals surface area contributed by atoms with Gasteiger partial charge in [-0.2, -0.15) is 0 Å². The maximum absolute atomic E-state index is 2.62. The average Bonchev–Trinajstić information content (AvgIpc) is 2.84. The Labute approximate surface area is 126 Å². The Morgan fingerprint density at radius 2 is 1.62 bits per heavy atom. The fourth-order valence-corrected chi connectivity index (χ4v) is 3.86. The summed E-state index contributed by atoms with van der Waals surface area (Å²) in [7, 11) is 2.23. The minimum absolute atomic E-state index is 0.629. The number of rotatable bonds is 1. The molecule has 2 aromatic carbocycles. The van der Waals surface area contributed by atoms with Gasteiger partial charge in [-0.1, -0.05) is 36.4 Å². The first kappa shape index (κ1) is 12.9. The van der Waals surface area contributed by atoms with Crippen molar-refractivity contribution in [1.82, 2.24) is 9.47 Å². The van der Waals surface area contributed by atoms with E-state index in [-0.39, 0.29) is 0 Å². The van der Waals surface area contributed by atoms with E-state index in [0.29, 0.717) is 6.04 Å². The second-order valence-corrected chi connectivity index (χ2v) is 6.39. The van der Waals surface area contributed by atoms with Crippen molar-refractivity contribution in [2.45, 2.75) is 25.8 Å². The number of benzene rings is 2. The standard InChI is InChI=1S/C19H22N2/c1-14-6-5-8-17-16-7-3-4-9-18(16)21(19(14)17)15-10-12-20(2)13-11-15/h3-9,15H,10-13H2,1-2H3. The quantitative estimate of drug-likeness (QED) is 0.641. The molecule has 0 aliphatic carbocycles. The summed E-state index contributed by atoms with van der Waals surface area (Å²) < 4.78 is 2.62. The lowest BCUT2D eigenvalue weighted by molar-refractivity contribution is 0.226. The van der Waals surface area contributed by atoms with Crippen LogP contribution in [0.3, 0.4) is 0 Å². The molecular weight excluding hydrogens is 256 g/mol. The van der Waals surface area contributed by atoms with Crippen LogP contribution >= 0.6 is 0 Å². The lowest BCUT2D eigenvalue weighted by Crippen LogP contribution is -2.31. The van der Waals surface area contributed by atoms with Gasteiger partial charge in [-0.05, 0) is 51.5 Å². The fourth-order valence-electron chi connectivity index (χ4n) is 3.86. The highest BCUT2D eigenvalue weighted by Gasteiger charge is 2.22. The van der Waals surface area contributed by atoms with E-state index < -0.39 is 0 Å². The van der Waals surface area contributed by atoms with Gasteiger partial charge >= 0.3 is 0 Å². The van der Waals surface area contributed by atoms with Crippen molar-refractivity contribution in [3.05, 3.63) is 48.0 Å². The van der Waals surface area contributed by atoms with Gasteiger partial charge in [0.2, 0.25) is 0 Å². The first-order chi connectivity index (χ1) is 10.3. The highest BCUT2D eigenvalue weighted by molar-refractivity contribution is 6.09. The van der Waals surface area contributed by atoms with Crippen molar-refractivity contribution in [3.63, 3.8) is 0 Å². The van der Waals surface area contributed by atoms with E-state index in [4.69, 9.17) is 0 Å². The van der Waals surface area contributed by atoms with Crippen LogP contribution in [0.5, 0.6) is 0 Å². The lowest BCUT2D eigenvalue weighted by Gasteiger charge is -2.31. The van der Waals surface area contributed by atoms with Crippen molar-refractivity contribution < 1.29 is 0 Å². The van der Waals surface area contributed by atoms with E-state index in [9.17, 15) is 0 Å². The van der Waals surface area contributed by atoms with Crippen LogP contribution in [0.4, 0.5) is 0 Å². The largest absolute Gasteiger partial charge is 0.337 e. The molecule has 1 aromatic heterocycles. The summed E-state index contributed by atoms with van der Waals surface area (Å²) in [6.07, 6.45) is 2.50. The third-order valence-corrected chi connectivity index (χ3v) is 4.99. The molecule has 108 valence electrons. The molecule has 1 saturated heterocycles. The van der Waals surface area contributed by atoms with Crippen LogP contribution in [0.25, 0.3) is 21.8 Å². The van der Waals surface area contributed by atoms with Crippen molar-refractivity contribution in [2.75, 3.05) is 20.1 Å². The fraction of sp³-hybridized carbons (Fsp3) is 0.368. The molecule has 0 N–H and O–H groups in total. The molecule has 0 atom stereocenters. The Kier molecular flexibility index (Phi) is 3.00. The van der Waals surface area contributed by atoms with Gasteiger partial charge in [-0.15, -0.1) is 0 Å². The number of aryl methyl sites for hydroxylation is 1. The number of hydrogen-bond acceptors (Lipinski definition) is 1. The van der Waals surface area contributed by atoms with Gasteiger partial charge in [0, 0.05) is 22.3 Å². The zero-order valence-electron chi connectivity index (χ0n) is 12.8. The first-order valence-electron chi connectivity index (χ1n) is 7.92. The van der Waals surface area contributed by atoms with Crippen molar-refractivity contribution in [2.24, 2.45) is 0 Å². The summed E-state index contributed by atoms with van der Waals surface area (Å²) >= 11 is 0. The molecule has 2 heterocycles. The third-order valence-electron chi connectivity index (χ3n) is 4.99. The van der Waals surface area contributed by atoms with Crippen molar-refractivity contribution in [3.8, 4) is 0 Å². The number of hydrogen-bond donors (Lipinski definition) is 0. The molecule has 2 nitrogen and oxygen atoms in total. The molecule has 0 radical (unpaired) electrons. The van der Waals surface area contributed by atoms with Crippen LogP contribution in [0, 0.1) is 6.92 Å². The number of nitrogens with zero attached hydrogens (tertiary/aromatic N) is 2. The minimum atomic E-state index is 0.629. The molecule has 1 aliphatic rings. The number of fused-ring (bicyclic) bond motifs is 3. The summed E-state index contributed by atoms with van der Waals surface area (Å²) in [6.45, 7) is 4.64. The average molecular weight is 278 g/mol. The SMILES string of the molecule is Cc1cccc2c3ccccc3n(C3CCN(C)CC3)c12. The summed E-state index contributed by atoms with van der Waals surface area (Å²) in [4.78, 5) is 2.44. The molecular formula is C19H22N2. The van der Waals surface area contributed by atoms with Crippen LogP contribution < -0.4 is 0 Å². The van der Waals surface area contributed by atoms with Gasteiger partial charge in [-0.25, -0.2) is 0 Å². The molecule has 0 saturated carbocycles. The Morgan fingerprint density at radius 3 is 2.43 bits per heavy atom. The molecule has 0 spiro atoms. The van der Waals surface area contributed by atoms with E-state index in [1.165, 1.54) is 53.3 Å². The van der Waals surface area contributed by atoms with Crippen LogP contribution in [-0.4, -0.2) is 29.6 Å². The highest BCUT2D eigenvalue weighted by atomic mass is 15.1. The monoisotopic (exact) mass is 278 g/mol. The molecule has 2 heteroatoms. The van der Waals surface area contributed by atoms with Gasteiger partial charge in [0.15, 0.2) is 0 Å². The molecule has 1 aliphatic heterocycles. The van der Waals surface area contributed by atoms with E-state index in [1.54, 1.807) is 0 Å². The summed E-state index contributed by atoms with van der Waals surface area (Å²) in [5.74, 6) is 0. The second kappa shape index (κ2) is 4.88. The predicted molar refractivity (Wildman–Crippen MR) is 89.9 cm³/mol. The summed E-state index contributed by atoms with van der Waals surface area (Å²) in [5, 5.41) is 2.81. The maximum Gasteiger partial charge on any atom is 0.0523 e. The van der Waals surface area contributed by atoms with Gasteiger partial charge in [-0.3, -0.25) is 0 Å². The van der Waals surface area contributed by atoms with E-state index in [2.05, 4.69) is 65.9 Å². The van der Waals surface area contributed by atoms with Gasteiger partial charge in [0.05, 0.1) is 5.52 Å². The molecule has 4 rings (SSSR count). The maximum atomic E-state index is 2.62. The van der Waals surface area contributed by atoms with Crippen molar-refractivity contribution in [1.29, 1.82) is 0 Å². The minimum Gasteiger partial charge on any atom is -0.337 e. The number of para-hydroxylation sites is 2. The second-order valence-electron chi connectivity index (χ2n) is 6.39. The number of piperidine rings is 1.